The lowest BCUT2D eigenvalue weighted by atomic mass is 10.2. The van der Waals surface area contributed by atoms with Crippen LogP contribution in [0.5, 0.6) is 0 Å². The fraction of sp³-hybridized carbons (Fsp3) is 0.400. The Bertz CT molecular complexity index is 266. The molecule has 0 aliphatic carbocycles. The van der Waals surface area contributed by atoms with Gasteiger partial charge in [-0.1, -0.05) is 17.7 Å². The fourth-order valence-corrected chi connectivity index (χ4v) is 1.21. The third-order valence-corrected chi connectivity index (χ3v) is 2.07. The van der Waals surface area contributed by atoms with Crippen LogP contribution in [0.15, 0.2) is 18.2 Å². The average molecular weight is 200 g/mol. The minimum atomic E-state index is 0.190. The summed E-state index contributed by atoms with van der Waals surface area (Å²) in [6.45, 7) is 4.43. The molecule has 0 fully saturated rings. The first kappa shape index (κ1) is 10.4. The summed E-state index contributed by atoms with van der Waals surface area (Å²) in [5, 5.41) is 0.667. The Balaban J connectivity index is 2.75. The van der Waals surface area contributed by atoms with Crippen LogP contribution in [-0.2, 0) is 11.3 Å². The quantitative estimate of drug-likeness (QED) is 0.760. The van der Waals surface area contributed by atoms with E-state index in [2.05, 4.69) is 0 Å². The summed E-state index contributed by atoms with van der Waals surface area (Å²) in [5.74, 6) is 0. The van der Waals surface area contributed by atoms with E-state index in [1.165, 1.54) is 0 Å². The second kappa shape index (κ2) is 4.49. The first-order chi connectivity index (χ1) is 6.11. The van der Waals surface area contributed by atoms with Crippen molar-refractivity contribution in [3.05, 3.63) is 28.8 Å². The number of hydrogen-bond donors (Lipinski definition) is 1. The van der Waals surface area contributed by atoms with Gasteiger partial charge in [0, 0.05) is 16.3 Å². The van der Waals surface area contributed by atoms with Gasteiger partial charge < -0.3 is 10.5 Å². The number of ether oxygens (including phenoxy) is 1. The maximum absolute atomic E-state index is 5.95. The predicted molar refractivity (Wildman–Crippen MR) is 55.8 cm³/mol. The molecule has 1 aromatic carbocycles. The van der Waals surface area contributed by atoms with Crippen molar-refractivity contribution in [2.45, 2.75) is 26.6 Å². The van der Waals surface area contributed by atoms with Gasteiger partial charge in [-0.25, -0.2) is 0 Å². The lowest BCUT2D eigenvalue weighted by molar-refractivity contribution is 0.0661. The van der Waals surface area contributed by atoms with Crippen LogP contribution in [0.25, 0.3) is 0 Å². The van der Waals surface area contributed by atoms with Gasteiger partial charge in [0.25, 0.3) is 0 Å². The van der Waals surface area contributed by atoms with Crippen molar-refractivity contribution >= 4 is 17.3 Å². The van der Waals surface area contributed by atoms with E-state index in [1.54, 1.807) is 0 Å². The number of nitrogens with two attached hydrogens (primary N) is 1. The molecule has 0 radical (unpaired) electrons. The molecule has 0 unspecified atom stereocenters. The van der Waals surface area contributed by atoms with Gasteiger partial charge in [-0.15, -0.1) is 0 Å². The van der Waals surface area contributed by atoms with Crippen LogP contribution in [0.3, 0.4) is 0 Å². The van der Waals surface area contributed by atoms with Crippen LogP contribution in [0, 0.1) is 0 Å². The first-order valence-corrected chi connectivity index (χ1v) is 4.63. The third kappa shape index (κ3) is 2.90. The van der Waals surface area contributed by atoms with Gasteiger partial charge in [-0.05, 0) is 26.0 Å². The topological polar surface area (TPSA) is 35.2 Å². The maximum Gasteiger partial charge on any atom is 0.0755 e. The van der Waals surface area contributed by atoms with E-state index in [0.29, 0.717) is 17.3 Å². The zero-order chi connectivity index (χ0) is 9.84. The highest BCUT2D eigenvalue weighted by molar-refractivity contribution is 6.31. The zero-order valence-corrected chi connectivity index (χ0v) is 8.64. The van der Waals surface area contributed by atoms with Gasteiger partial charge >= 0.3 is 0 Å². The molecule has 3 heteroatoms. The maximum atomic E-state index is 5.95. The molecule has 0 saturated heterocycles. The van der Waals surface area contributed by atoms with Gasteiger partial charge in [0.2, 0.25) is 0 Å². The third-order valence-electron chi connectivity index (χ3n) is 1.72. The molecular formula is C10H14ClNO. The van der Waals surface area contributed by atoms with E-state index in [-0.39, 0.29) is 6.10 Å². The van der Waals surface area contributed by atoms with Crippen LogP contribution < -0.4 is 5.73 Å². The highest BCUT2D eigenvalue weighted by atomic mass is 35.5. The summed E-state index contributed by atoms with van der Waals surface area (Å²) in [7, 11) is 0. The van der Waals surface area contributed by atoms with Gasteiger partial charge in [0.1, 0.15) is 0 Å². The van der Waals surface area contributed by atoms with Gasteiger partial charge in [0.05, 0.1) is 12.7 Å². The Morgan fingerprint density at radius 2 is 2.15 bits per heavy atom. The molecule has 0 aliphatic heterocycles. The SMILES string of the molecule is CC(C)OCc1c(N)cccc1Cl. The molecule has 0 aromatic heterocycles. The number of rotatable bonds is 3. The summed E-state index contributed by atoms with van der Waals surface area (Å²) in [6, 6.07) is 5.47. The number of hydrogen-bond acceptors (Lipinski definition) is 2. The Morgan fingerprint density at radius 3 is 2.69 bits per heavy atom. The normalized spacial score (nSPS) is 10.8. The van der Waals surface area contributed by atoms with E-state index in [1.807, 2.05) is 32.0 Å². The summed E-state index contributed by atoms with van der Waals surface area (Å²) in [4.78, 5) is 0. The van der Waals surface area contributed by atoms with Crippen molar-refractivity contribution in [2.75, 3.05) is 5.73 Å². The standard InChI is InChI=1S/C10H14ClNO/c1-7(2)13-6-8-9(11)4-3-5-10(8)12/h3-5,7H,6,12H2,1-2H3. The van der Waals surface area contributed by atoms with E-state index in [0.717, 1.165) is 5.56 Å². The molecule has 2 nitrogen and oxygen atoms in total. The molecule has 0 amide bonds. The van der Waals surface area contributed by atoms with Gasteiger partial charge in [0.15, 0.2) is 0 Å². The Kier molecular flexibility index (Phi) is 3.58. The second-order valence-electron chi connectivity index (χ2n) is 3.17. The Labute approximate surface area is 83.6 Å². The summed E-state index contributed by atoms with van der Waals surface area (Å²) >= 11 is 5.95. The number of halogens is 1. The predicted octanol–water partition coefficient (Wildman–Crippen LogP) is 2.85. The molecule has 0 saturated carbocycles. The monoisotopic (exact) mass is 199 g/mol. The molecule has 2 N–H and O–H groups in total. The number of benzene rings is 1. The Morgan fingerprint density at radius 1 is 1.46 bits per heavy atom. The summed E-state index contributed by atoms with van der Waals surface area (Å²) in [5.41, 5.74) is 7.30. The van der Waals surface area contributed by atoms with Gasteiger partial charge in [-0.3, -0.25) is 0 Å². The van der Waals surface area contributed by atoms with Crippen LogP contribution in [-0.4, -0.2) is 6.10 Å². The molecule has 0 heterocycles. The molecule has 13 heavy (non-hydrogen) atoms. The van der Waals surface area contributed by atoms with E-state index in [4.69, 9.17) is 22.1 Å². The zero-order valence-electron chi connectivity index (χ0n) is 7.88. The lowest BCUT2D eigenvalue weighted by Gasteiger charge is -2.10. The molecule has 0 atom stereocenters. The smallest absolute Gasteiger partial charge is 0.0755 e. The largest absolute Gasteiger partial charge is 0.398 e. The van der Waals surface area contributed by atoms with Gasteiger partial charge in [-0.2, -0.15) is 0 Å². The Hall–Kier alpha value is -0.730. The molecular weight excluding hydrogens is 186 g/mol. The van der Waals surface area contributed by atoms with Crippen molar-refractivity contribution in [3.63, 3.8) is 0 Å². The minimum absolute atomic E-state index is 0.190. The summed E-state index contributed by atoms with van der Waals surface area (Å²) < 4.78 is 5.43. The minimum Gasteiger partial charge on any atom is -0.398 e. The van der Waals surface area contributed by atoms with Crippen LogP contribution >= 0.6 is 11.6 Å². The van der Waals surface area contributed by atoms with Crippen molar-refractivity contribution < 1.29 is 4.74 Å². The average Bonchev–Trinajstić information content (AvgIpc) is 2.03. The van der Waals surface area contributed by atoms with Crippen molar-refractivity contribution in [2.24, 2.45) is 0 Å². The fourth-order valence-electron chi connectivity index (χ4n) is 0.978. The van der Waals surface area contributed by atoms with E-state index < -0.39 is 0 Å². The van der Waals surface area contributed by atoms with Crippen LogP contribution in [0.4, 0.5) is 5.69 Å². The second-order valence-corrected chi connectivity index (χ2v) is 3.57. The molecule has 0 aliphatic rings. The van der Waals surface area contributed by atoms with E-state index >= 15 is 0 Å². The van der Waals surface area contributed by atoms with Crippen LogP contribution in [0.1, 0.15) is 19.4 Å². The molecule has 1 rings (SSSR count). The van der Waals surface area contributed by atoms with Crippen LogP contribution in [0.2, 0.25) is 5.02 Å². The van der Waals surface area contributed by atoms with Crippen molar-refractivity contribution in [1.29, 1.82) is 0 Å². The number of nitrogen functional groups attached to an aromatic ring is 1. The highest BCUT2D eigenvalue weighted by Gasteiger charge is 2.04. The summed E-state index contributed by atoms with van der Waals surface area (Å²) in [6.07, 6.45) is 0.190. The molecule has 1 aromatic rings. The number of anilines is 1. The molecule has 0 bridgehead atoms. The first-order valence-electron chi connectivity index (χ1n) is 4.25. The van der Waals surface area contributed by atoms with E-state index in [9.17, 15) is 0 Å². The molecule has 0 spiro atoms. The van der Waals surface area contributed by atoms with Crippen molar-refractivity contribution in [3.8, 4) is 0 Å². The molecule has 72 valence electrons. The van der Waals surface area contributed by atoms with Crippen molar-refractivity contribution in [1.82, 2.24) is 0 Å². The lowest BCUT2D eigenvalue weighted by Crippen LogP contribution is -2.04. The highest BCUT2D eigenvalue weighted by Crippen LogP contribution is 2.22.